The highest BCUT2D eigenvalue weighted by atomic mass is 16.3. The number of nitrogens with one attached hydrogen (secondary N) is 1. The number of rotatable bonds is 7. The number of primary amides is 1. The van der Waals surface area contributed by atoms with E-state index in [1.807, 2.05) is 0 Å². The Kier molecular flexibility index (Phi) is 7.84. The fraction of sp³-hybridized carbons (Fsp3) is 0.571. The summed E-state index contributed by atoms with van der Waals surface area (Å²) in [7, 11) is 10.0. The summed E-state index contributed by atoms with van der Waals surface area (Å²) in [6.07, 6.45) is 0.125. The Morgan fingerprint density at radius 3 is 2.24 bits per heavy atom. The molecule has 3 aliphatic rings. The molecule has 0 radical (unpaired) electrons. The minimum absolute atomic E-state index is 0.0279. The smallest absolute Gasteiger partial charge is 0.235 e. The Morgan fingerprint density at radius 1 is 1.07 bits per heavy atom. The number of carbonyl (C=O) groups is 6. The number of aromatic hydroxyl groups is 1. The maximum absolute atomic E-state index is 14.0. The van der Waals surface area contributed by atoms with Gasteiger partial charge in [0, 0.05) is 37.8 Å². The van der Waals surface area contributed by atoms with Gasteiger partial charge >= 0.3 is 0 Å². The van der Waals surface area contributed by atoms with Gasteiger partial charge in [-0.2, -0.15) is 0 Å². The van der Waals surface area contributed by atoms with Crippen molar-refractivity contribution in [2.45, 2.75) is 31.0 Å². The Bertz CT molecular complexity index is 1360. The van der Waals surface area contributed by atoms with Crippen molar-refractivity contribution in [3.63, 3.8) is 0 Å². The van der Waals surface area contributed by atoms with Crippen LogP contribution in [0.1, 0.15) is 27.9 Å². The van der Waals surface area contributed by atoms with E-state index in [9.17, 15) is 39.0 Å². The first-order chi connectivity index (χ1) is 19.0. The molecule has 13 nitrogen and oxygen atoms in total. The number of aliphatic hydroxyl groups is 1. The number of benzene rings is 1. The standard InChI is InChI=1S/C28H37N5O8/c1-31(2)11-17(34)30-10-13-9-16(32(3)4)14-7-12-8-15-21(33(5)6)24(37)20(27(29)40)26(39)28(15,41)25(38)18(12)23(36)19(14)22(13)35/h9,12,15,18,20-21,35,41H,7-8,10-11H2,1-6H3,(H2,29,40)(H,30,34)/t12-,15-,18?,20?,21-,28-/m0/s1. The third-order valence-electron chi connectivity index (χ3n) is 8.53. The van der Waals surface area contributed by atoms with Crippen LogP contribution in [-0.4, -0.2) is 115 Å². The van der Waals surface area contributed by atoms with Crippen molar-refractivity contribution in [2.24, 2.45) is 29.4 Å². The van der Waals surface area contributed by atoms with Gasteiger partial charge in [-0.3, -0.25) is 33.7 Å². The van der Waals surface area contributed by atoms with Crippen LogP contribution in [0.4, 0.5) is 5.69 Å². The average molecular weight is 572 g/mol. The summed E-state index contributed by atoms with van der Waals surface area (Å²) in [6, 6.07) is 0.512. The van der Waals surface area contributed by atoms with Crippen molar-refractivity contribution >= 4 is 40.6 Å². The van der Waals surface area contributed by atoms with Crippen molar-refractivity contribution in [3.05, 3.63) is 22.8 Å². The molecule has 1 aromatic rings. The van der Waals surface area contributed by atoms with Gasteiger partial charge in [0.2, 0.25) is 11.8 Å². The molecule has 6 atom stereocenters. The number of nitrogens with two attached hydrogens (primary N) is 1. The number of phenolic OH excluding ortho intramolecular Hbond substituents is 1. The van der Waals surface area contributed by atoms with Crippen LogP contribution in [0, 0.1) is 23.7 Å². The second-order valence-corrected chi connectivity index (χ2v) is 12.0. The lowest BCUT2D eigenvalue weighted by Gasteiger charge is -2.52. The van der Waals surface area contributed by atoms with Gasteiger partial charge < -0.3 is 31.1 Å². The molecule has 222 valence electrons. The van der Waals surface area contributed by atoms with E-state index < -0.39 is 70.1 Å². The highest BCUT2D eigenvalue weighted by Crippen LogP contribution is 2.52. The first-order valence-electron chi connectivity index (χ1n) is 13.3. The Labute approximate surface area is 237 Å². The number of hydrogen-bond donors (Lipinski definition) is 4. The van der Waals surface area contributed by atoms with Gasteiger partial charge in [-0.05, 0) is 58.6 Å². The van der Waals surface area contributed by atoms with Crippen LogP contribution >= 0.6 is 0 Å². The van der Waals surface area contributed by atoms with Gasteiger partial charge in [0.25, 0.3) is 0 Å². The number of Topliss-reactive ketones (excluding diaryl/α,β-unsaturated/α-hetero) is 4. The summed E-state index contributed by atoms with van der Waals surface area (Å²) in [5.74, 6) is -11.3. The number of anilines is 1. The molecule has 0 aromatic heterocycles. The Balaban J connectivity index is 1.81. The number of phenols is 1. The van der Waals surface area contributed by atoms with Crippen LogP contribution in [0.25, 0.3) is 0 Å². The molecule has 41 heavy (non-hydrogen) atoms. The van der Waals surface area contributed by atoms with E-state index in [4.69, 9.17) is 5.73 Å². The lowest BCUT2D eigenvalue weighted by Crippen LogP contribution is -2.74. The van der Waals surface area contributed by atoms with Gasteiger partial charge in [0.05, 0.1) is 24.1 Å². The molecule has 0 spiro atoms. The van der Waals surface area contributed by atoms with E-state index in [1.54, 1.807) is 44.1 Å². The zero-order chi connectivity index (χ0) is 30.7. The Hall–Kier alpha value is -3.68. The molecular weight excluding hydrogens is 534 g/mol. The van der Waals surface area contributed by atoms with Crippen molar-refractivity contribution < 1.29 is 39.0 Å². The summed E-state index contributed by atoms with van der Waals surface area (Å²) in [4.78, 5) is 83.9. The van der Waals surface area contributed by atoms with Crippen molar-refractivity contribution in [2.75, 3.05) is 53.7 Å². The molecule has 13 heteroatoms. The van der Waals surface area contributed by atoms with Crippen LogP contribution in [-0.2, 0) is 36.9 Å². The minimum Gasteiger partial charge on any atom is -0.507 e. The molecule has 3 aliphatic carbocycles. The number of carbonyl (C=O) groups excluding carboxylic acids is 6. The molecule has 0 aliphatic heterocycles. The number of nitrogens with zero attached hydrogens (tertiary/aromatic N) is 3. The molecular formula is C28H37N5O8. The molecule has 5 N–H and O–H groups in total. The minimum atomic E-state index is -2.78. The van der Waals surface area contributed by atoms with E-state index in [2.05, 4.69) is 5.32 Å². The first-order valence-corrected chi connectivity index (χ1v) is 13.3. The third kappa shape index (κ3) is 4.71. The summed E-state index contributed by atoms with van der Waals surface area (Å²) in [5, 5.41) is 25.7. The van der Waals surface area contributed by atoms with E-state index in [1.165, 1.54) is 19.0 Å². The van der Waals surface area contributed by atoms with E-state index in [-0.39, 0.29) is 43.0 Å². The molecule has 0 bridgehead atoms. The van der Waals surface area contributed by atoms with E-state index in [0.717, 1.165) is 0 Å². The normalized spacial score (nSPS) is 29.2. The maximum Gasteiger partial charge on any atom is 0.235 e. The van der Waals surface area contributed by atoms with Crippen molar-refractivity contribution in [1.82, 2.24) is 15.1 Å². The van der Waals surface area contributed by atoms with Crippen molar-refractivity contribution in [1.29, 1.82) is 0 Å². The summed E-state index contributed by atoms with van der Waals surface area (Å²) in [5.41, 5.74) is 3.81. The second kappa shape index (κ2) is 10.6. The van der Waals surface area contributed by atoms with Crippen molar-refractivity contribution in [3.8, 4) is 5.75 Å². The number of amides is 2. The van der Waals surface area contributed by atoms with Gasteiger partial charge in [-0.15, -0.1) is 0 Å². The molecule has 2 unspecified atom stereocenters. The van der Waals surface area contributed by atoms with Crippen LogP contribution in [0.2, 0.25) is 0 Å². The lowest BCUT2D eigenvalue weighted by molar-refractivity contribution is -0.181. The zero-order valence-electron chi connectivity index (χ0n) is 24.1. The third-order valence-corrected chi connectivity index (χ3v) is 8.53. The van der Waals surface area contributed by atoms with Crippen LogP contribution < -0.4 is 16.0 Å². The maximum atomic E-state index is 14.0. The number of fused-ring (bicyclic) bond motifs is 3. The monoisotopic (exact) mass is 571 g/mol. The quantitative estimate of drug-likeness (QED) is 0.268. The SMILES string of the molecule is CN(C)CC(=O)NCc1cc(N(C)C)c2c(c1O)C(=O)C1C(=O)[C@]3(O)C(=O)C(C(N)=O)C(=O)[C@@H](N(C)C)[C@@H]3C[C@@H]1C2. The average Bonchev–Trinajstić information content (AvgIpc) is 2.84. The Morgan fingerprint density at radius 2 is 1.71 bits per heavy atom. The fourth-order valence-corrected chi connectivity index (χ4v) is 6.78. The number of hydrogen-bond acceptors (Lipinski definition) is 11. The molecule has 0 saturated heterocycles. The van der Waals surface area contributed by atoms with Crippen LogP contribution in [0.5, 0.6) is 5.75 Å². The topological polar surface area (TPSA) is 191 Å². The predicted octanol–water partition coefficient (Wildman–Crippen LogP) is -1.89. The van der Waals surface area contributed by atoms with Gasteiger partial charge in [0.1, 0.15) is 5.75 Å². The fourth-order valence-electron chi connectivity index (χ4n) is 6.78. The van der Waals surface area contributed by atoms with Gasteiger partial charge in [0.15, 0.2) is 34.7 Å². The molecule has 4 rings (SSSR count). The molecule has 1 aromatic carbocycles. The van der Waals surface area contributed by atoms with Gasteiger partial charge in [-0.1, -0.05) is 0 Å². The summed E-state index contributed by atoms with van der Waals surface area (Å²) >= 11 is 0. The molecule has 0 heterocycles. The first kappa shape index (κ1) is 30.3. The number of ketones is 4. The summed E-state index contributed by atoms with van der Waals surface area (Å²) in [6.45, 7) is 0.0271. The van der Waals surface area contributed by atoms with Crippen LogP contribution in [0.3, 0.4) is 0 Å². The predicted molar refractivity (Wildman–Crippen MR) is 146 cm³/mol. The highest BCUT2D eigenvalue weighted by molar-refractivity contribution is 6.32. The van der Waals surface area contributed by atoms with Gasteiger partial charge in [-0.25, -0.2) is 0 Å². The lowest BCUT2D eigenvalue weighted by atomic mass is 9.52. The zero-order valence-corrected chi connectivity index (χ0v) is 24.1. The summed E-state index contributed by atoms with van der Waals surface area (Å²) < 4.78 is 0. The van der Waals surface area contributed by atoms with E-state index >= 15 is 0 Å². The van der Waals surface area contributed by atoms with E-state index in [0.29, 0.717) is 11.3 Å². The van der Waals surface area contributed by atoms with Crippen LogP contribution in [0.15, 0.2) is 6.07 Å². The number of likely N-dealkylation sites (N-methyl/N-ethyl adjacent to an activating group) is 2. The highest BCUT2D eigenvalue weighted by Gasteiger charge is 2.69. The second-order valence-electron chi connectivity index (χ2n) is 12.0. The molecule has 2 fully saturated rings. The molecule has 2 saturated carbocycles. The largest absolute Gasteiger partial charge is 0.507 e. The molecule has 2 amide bonds.